The number of aliphatic hydroxyl groups is 6. The van der Waals surface area contributed by atoms with E-state index in [1.807, 2.05) is 0 Å². The monoisotopic (exact) mass is 799 g/mol. The molecule has 14 nitrogen and oxygen atoms in total. The molecule has 2 bridgehead atoms. The van der Waals surface area contributed by atoms with Crippen LogP contribution >= 0.6 is 0 Å². The minimum atomic E-state index is -1.66. The van der Waals surface area contributed by atoms with Gasteiger partial charge in [-0.05, 0) is 61.3 Å². The fourth-order valence-corrected chi connectivity index (χ4v) is 9.22. The van der Waals surface area contributed by atoms with Gasteiger partial charge in [-0.3, -0.25) is 0 Å². The largest absolute Gasteiger partial charge is 0.394 e. The summed E-state index contributed by atoms with van der Waals surface area (Å²) in [5.41, 5.74) is -0.555. The third-order valence-corrected chi connectivity index (χ3v) is 12.8. The van der Waals surface area contributed by atoms with Crippen molar-refractivity contribution in [2.45, 2.75) is 236 Å². The number of rotatable bonds is 31. The summed E-state index contributed by atoms with van der Waals surface area (Å²) in [6.07, 6.45) is 18.0. The van der Waals surface area contributed by atoms with Crippen molar-refractivity contribution in [3.8, 4) is 0 Å². The van der Waals surface area contributed by atoms with Gasteiger partial charge in [0.05, 0.1) is 31.5 Å². The van der Waals surface area contributed by atoms with Crippen molar-refractivity contribution in [1.82, 2.24) is 19.8 Å². The van der Waals surface area contributed by atoms with E-state index in [-0.39, 0.29) is 0 Å². The van der Waals surface area contributed by atoms with Gasteiger partial charge < -0.3 is 44.8 Å². The van der Waals surface area contributed by atoms with Crippen molar-refractivity contribution in [3.63, 3.8) is 0 Å². The summed E-state index contributed by atoms with van der Waals surface area (Å²) < 4.78 is 19.4. The SMILES string of the molecule is CCCCCCCCCCCCCC[C@@H](O)[C@@H](O)[C@H](COC1OC(CO)C(O)C(O)C1O)n1nnn(CCCCCCCCCC[C@H]2C[C@H]3C[C@H]2[C@H](C)O3)c1=O. The number of fused-ring (bicyclic) bond motifs is 2. The molecule has 5 unspecified atom stereocenters. The van der Waals surface area contributed by atoms with Gasteiger partial charge in [0.1, 0.15) is 36.6 Å². The Morgan fingerprint density at radius 1 is 0.750 bits per heavy atom. The van der Waals surface area contributed by atoms with E-state index in [1.165, 1.54) is 101 Å². The zero-order valence-electron chi connectivity index (χ0n) is 34.6. The van der Waals surface area contributed by atoms with E-state index < -0.39 is 67.9 Å². The maximum atomic E-state index is 13.5. The molecule has 1 saturated carbocycles. The lowest BCUT2D eigenvalue weighted by atomic mass is 9.87. The molecule has 2 saturated heterocycles. The third kappa shape index (κ3) is 14.7. The quantitative estimate of drug-likeness (QED) is 0.0554. The Morgan fingerprint density at radius 2 is 1.34 bits per heavy atom. The number of ether oxygens (including phenoxy) is 3. The number of aliphatic hydroxyl groups excluding tert-OH is 6. The first kappa shape index (κ1) is 47.2. The van der Waals surface area contributed by atoms with Crippen LogP contribution in [0.3, 0.4) is 0 Å². The highest BCUT2D eigenvalue weighted by Crippen LogP contribution is 2.46. The molecule has 1 aliphatic carbocycles. The van der Waals surface area contributed by atoms with Gasteiger partial charge >= 0.3 is 5.69 Å². The first-order valence-electron chi connectivity index (χ1n) is 22.6. The Hall–Kier alpha value is -1.49. The van der Waals surface area contributed by atoms with Crippen LogP contribution in [0.1, 0.15) is 174 Å². The summed E-state index contributed by atoms with van der Waals surface area (Å²) in [6, 6.07) is -1.18. The molecule has 4 rings (SSSR count). The number of tetrazole rings is 1. The van der Waals surface area contributed by atoms with E-state index >= 15 is 0 Å². The Morgan fingerprint density at radius 3 is 1.93 bits per heavy atom. The molecule has 6 N–H and O–H groups in total. The van der Waals surface area contributed by atoms with Gasteiger partial charge in [-0.15, -0.1) is 0 Å². The van der Waals surface area contributed by atoms with E-state index in [4.69, 9.17) is 14.2 Å². The van der Waals surface area contributed by atoms with Crippen LogP contribution in [0.15, 0.2) is 4.79 Å². The van der Waals surface area contributed by atoms with Crippen LogP contribution in [0.25, 0.3) is 0 Å². The number of unbranched alkanes of at least 4 members (excludes halogenated alkanes) is 18. The van der Waals surface area contributed by atoms with Crippen LogP contribution in [0, 0.1) is 11.8 Å². The fourth-order valence-electron chi connectivity index (χ4n) is 9.22. The van der Waals surface area contributed by atoms with Gasteiger partial charge in [-0.2, -0.15) is 9.36 Å². The first-order valence-corrected chi connectivity index (χ1v) is 22.6. The second kappa shape index (κ2) is 25.9. The van der Waals surface area contributed by atoms with Crippen molar-refractivity contribution in [2.75, 3.05) is 13.2 Å². The Balaban J connectivity index is 1.19. The maximum Gasteiger partial charge on any atom is 0.364 e. The zero-order valence-corrected chi connectivity index (χ0v) is 34.6. The molecular weight excluding hydrogens is 720 g/mol. The second-order valence-corrected chi connectivity index (χ2v) is 17.2. The lowest BCUT2D eigenvalue weighted by Gasteiger charge is -2.40. The average Bonchev–Trinajstić information content (AvgIpc) is 3.89. The molecule has 12 atom stereocenters. The molecule has 3 heterocycles. The topological polar surface area (TPSA) is 202 Å². The van der Waals surface area contributed by atoms with Crippen LogP contribution in [0.2, 0.25) is 0 Å². The molecule has 1 aromatic rings. The van der Waals surface area contributed by atoms with E-state index in [0.717, 1.165) is 61.5 Å². The highest BCUT2D eigenvalue weighted by molar-refractivity contribution is 4.93. The summed E-state index contributed by atoms with van der Waals surface area (Å²) in [4.78, 5) is 13.5. The number of aromatic nitrogens is 4. The minimum absolute atomic E-state index is 0.314. The van der Waals surface area contributed by atoms with Crippen molar-refractivity contribution in [1.29, 1.82) is 0 Å². The molecule has 0 radical (unpaired) electrons. The minimum Gasteiger partial charge on any atom is -0.394 e. The highest BCUT2D eigenvalue weighted by atomic mass is 16.7. The van der Waals surface area contributed by atoms with Crippen molar-refractivity contribution in [3.05, 3.63) is 10.5 Å². The van der Waals surface area contributed by atoms with Crippen LogP contribution in [0.5, 0.6) is 0 Å². The molecule has 0 amide bonds. The van der Waals surface area contributed by atoms with Crippen LogP contribution in [0.4, 0.5) is 0 Å². The van der Waals surface area contributed by atoms with Gasteiger partial charge in [0.15, 0.2) is 6.29 Å². The Bertz CT molecular complexity index is 1230. The van der Waals surface area contributed by atoms with E-state index in [9.17, 15) is 35.4 Å². The van der Waals surface area contributed by atoms with Gasteiger partial charge in [-0.25, -0.2) is 4.79 Å². The lowest BCUT2D eigenvalue weighted by Crippen LogP contribution is -2.59. The summed E-state index contributed by atoms with van der Waals surface area (Å²) in [5.74, 6) is 1.63. The fraction of sp³-hybridized carbons (Fsp3) is 0.976. The predicted octanol–water partition coefficient (Wildman–Crippen LogP) is 4.93. The van der Waals surface area contributed by atoms with Crippen molar-refractivity contribution in [2.24, 2.45) is 11.8 Å². The maximum absolute atomic E-state index is 13.5. The molecule has 3 aliphatic rings. The number of hydrogen-bond donors (Lipinski definition) is 6. The molecule has 56 heavy (non-hydrogen) atoms. The molecule has 0 aromatic carbocycles. The predicted molar refractivity (Wildman–Crippen MR) is 213 cm³/mol. The number of hydrogen-bond acceptors (Lipinski definition) is 12. The third-order valence-electron chi connectivity index (χ3n) is 12.8. The van der Waals surface area contributed by atoms with Gasteiger partial charge in [0, 0.05) is 6.54 Å². The standard InChI is InChI=1S/C42H78N4O10/c1-3-4-5-6-7-8-9-10-11-15-18-21-24-35(48)37(49)34(29-54-41-40(52)39(51)38(50)36(28-47)56-41)46-42(53)45(43-44-46)25-22-19-16-13-12-14-17-20-23-31-26-32-27-33(31)30(2)55-32/h30-41,47-52H,3-29H2,1-2H3/t30-,31-,32-,33-,34-,35+,36?,37-,38?,39?,40?,41?/m0/s1. The van der Waals surface area contributed by atoms with E-state index in [2.05, 4.69) is 24.3 Å². The lowest BCUT2D eigenvalue weighted by molar-refractivity contribution is -0.304. The molecule has 326 valence electrons. The zero-order chi connectivity index (χ0) is 40.3. The van der Waals surface area contributed by atoms with Gasteiger partial charge in [0.2, 0.25) is 0 Å². The second-order valence-electron chi connectivity index (χ2n) is 17.2. The highest BCUT2D eigenvalue weighted by Gasteiger charge is 2.46. The van der Waals surface area contributed by atoms with Gasteiger partial charge in [-0.1, -0.05) is 129 Å². The van der Waals surface area contributed by atoms with Crippen LogP contribution < -0.4 is 5.69 Å². The Kier molecular flexibility index (Phi) is 21.8. The summed E-state index contributed by atoms with van der Waals surface area (Å²) in [5, 5.41) is 71.1. The smallest absolute Gasteiger partial charge is 0.364 e. The molecular formula is C42H78N4O10. The summed E-state index contributed by atoms with van der Waals surface area (Å²) in [7, 11) is 0. The van der Waals surface area contributed by atoms with Crippen LogP contribution in [-0.4, -0.2) is 119 Å². The van der Waals surface area contributed by atoms with Crippen molar-refractivity contribution < 1.29 is 44.8 Å². The van der Waals surface area contributed by atoms with Gasteiger partial charge in [0.25, 0.3) is 0 Å². The first-order chi connectivity index (χ1) is 27.2. The molecule has 14 heteroatoms. The van der Waals surface area contributed by atoms with Crippen LogP contribution in [-0.2, 0) is 20.8 Å². The average molecular weight is 799 g/mol. The molecule has 3 fully saturated rings. The summed E-state index contributed by atoms with van der Waals surface area (Å²) >= 11 is 0. The Labute approximate surface area is 335 Å². The molecule has 0 spiro atoms. The van der Waals surface area contributed by atoms with E-state index in [1.54, 1.807) is 0 Å². The number of nitrogens with zero attached hydrogens (tertiary/aromatic N) is 4. The number of aryl methyl sites for hydroxylation is 1. The molecule has 2 aliphatic heterocycles. The normalized spacial score (nSPS) is 29.2. The van der Waals surface area contributed by atoms with Crippen molar-refractivity contribution >= 4 is 0 Å². The summed E-state index contributed by atoms with van der Waals surface area (Å²) in [6.45, 7) is 3.78. The molecule has 1 aromatic heterocycles. The van der Waals surface area contributed by atoms with E-state index in [0.29, 0.717) is 31.6 Å².